The van der Waals surface area contributed by atoms with Crippen LogP contribution in [0.25, 0.3) is 11.1 Å². The predicted octanol–water partition coefficient (Wildman–Crippen LogP) is 8.71. The monoisotopic (exact) mass is 506 g/mol. The van der Waals surface area contributed by atoms with Crippen LogP contribution in [0, 0.1) is 35.1 Å². The van der Waals surface area contributed by atoms with Crippen molar-refractivity contribution in [1.29, 1.82) is 0 Å². The molecule has 2 aliphatic heterocycles. The molecule has 0 aromatic heterocycles. The lowest BCUT2D eigenvalue weighted by atomic mass is 9.90. The largest absolute Gasteiger partial charge is 0.378 e. The van der Waals surface area contributed by atoms with Crippen LogP contribution < -0.4 is 0 Å². The first-order valence-corrected chi connectivity index (χ1v) is 13.6. The summed E-state index contributed by atoms with van der Waals surface area (Å²) in [7, 11) is 0. The number of aryl methyl sites for hydroxylation is 1. The highest BCUT2D eigenvalue weighted by Gasteiger charge is 2.28. The van der Waals surface area contributed by atoms with Gasteiger partial charge in [-0.1, -0.05) is 51.0 Å². The molecule has 36 heavy (non-hydrogen) atoms. The molecule has 2 heterocycles. The lowest BCUT2D eigenvalue weighted by Gasteiger charge is -2.29. The first kappa shape index (κ1) is 27.1. The van der Waals surface area contributed by atoms with Gasteiger partial charge in [0.1, 0.15) is 0 Å². The van der Waals surface area contributed by atoms with Gasteiger partial charge in [-0.3, -0.25) is 0 Å². The number of hydrogen-bond acceptors (Lipinski definition) is 2. The molecular weight excluding hydrogens is 468 g/mol. The zero-order valence-corrected chi connectivity index (χ0v) is 21.4. The van der Waals surface area contributed by atoms with Gasteiger partial charge in [0, 0.05) is 23.3 Å². The van der Waals surface area contributed by atoms with Crippen LogP contribution in [-0.2, 0) is 15.9 Å². The van der Waals surface area contributed by atoms with E-state index >= 15 is 13.2 Å². The molecule has 2 aromatic rings. The average molecular weight is 507 g/mol. The Labute approximate surface area is 212 Å². The van der Waals surface area contributed by atoms with E-state index in [1.807, 2.05) is 0 Å². The third-order valence-electron chi connectivity index (χ3n) is 7.88. The second kappa shape index (κ2) is 12.6. The van der Waals surface area contributed by atoms with Crippen molar-refractivity contribution < 1.29 is 27.0 Å². The van der Waals surface area contributed by atoms with Crippen LogP contribution in [0.3, 0.4) is 0 Å². The summed E-state index contributed by atoms with van der Waals surface area (Å²) in [6, 6.07) is 5.62. The first-order chi connectivity index (χ1) is 17.4. The Morgan fingerprint density at radius 1 is 0.667 bits per heavy atom. The van der Waals surface area contributed by atoms with Gasteiger partial charge in [0.25, 0.3) is 0 Å². The topological polar surface area (TPSA) is 18.5 Å². The highest BCUT2D eigenvalue weighted by atomic mass is 19.2. The summed E-state index contributed by atoms with van der Waals surface area (Å²) in [5, 5.41) is 0. The van der Waals surface area contributed by atoms with Crippen molar-refractivity contribution in [1.82, 2.24) is 0 Å². The zero-order valence-electron chi connectivity index (χ0n) is 21.4. The minimum Gasteiger partial charge on any atom is -0.378 e. The molecule has 2 aliphatic rings. The summed E-state index contributed by atoms with van der Waals surface area (Å²) in [6.45, 7) is 5.42. The number of hydrogen-bond donors (Lipinski definition) is 0. The van der Waals surface area contributed by atoms with Gasteiger partial charge < -0.3 is 9.47 Å². The van der Waals surface area contributed by atoms with Gasteiger partial charge in [-0.25, -0.2) is 17.6 Å². The molecule has 2 fully saturated rings. The van der Waals surface area contributed by atoms with Crippen LogP contribution in [0.2, 0.25) is 0 Å². The Balaban J connectivity index is 1.43. The highest BCUT2D eigenvalue weighted by molar-refractivity contribution is 5.66. The molecule has 6 heteroatoms. The molecule has 0 spiro atoms. The molecule has 0 aliphatic carbocycles. The lowest BCUT2D eigenvalue weighted by molar-refractivity contribution is -0.0218. The molecule has 0 radical (unpaired) electrons. The normalized spacial score (nSPS) is 24.7. The Morgan fingerprint density at radius 2 is 1.31 bits per heavy atom. The number of ether oxygens (including phenoxy) is 2. The predicted molar refractivity (Wildman–Crippen MR) is 134 cm³/mol. The molecule has 4 rings (SSSR count). The molecule has 0 N–H and O–H groups in total. The minimum absolute atomic E-state index is 0.138. The first-order valence-electron chi connectivity index (χ1n) is 13.6. The molecule has 198 valence electrons. The zero-order chi connectivity index (χ0) is 25.7. The molecule has 4 atom stereocenters. The van der Waals surface area contributed by atoms with Crippen molar-refractivity contribution in [3.63, 3.8) is 0 Å². The summed E-state index contributed by atoms with van der Waals surface area (Å²) in [4.78, 5) is 0. The maximum Gasteiger partial charge on any atom is 0.167 e. The van der Waals surface area contributed by atoms with Crippen LogP contribution in [-0.4, -0.2) is 19.3 Å². The molecule has 0 saturated carbocycles. The van der Waals surface area contributed by atoms with Crippen LogP contribution >= 0.6 is 0 Å². The van der Waals surface area contributed by atoms with Crippen molar-refractivity contribution in [2.45, 2.75) is 90.3 Å². The van der Waals surface area contributed by atoms with Gasteiger partial charge in [0.15, 0.2) is 23.3 Å². The van der Waals surface area contributed by atoms with Gasteiger partial charge >= 0.3 is 0 Å². The summed E-state index contributed by atoms with van der Waals surface area (Å²) in [5.74, 6) is -3.59. The van der Waals surface area contributed by atoms with E-state index in [0.717, 1.165) is 44.9 Å². The lowest BCUT2D eigenvalue weighted by Crippen LogP contribution is -2.26. The van der Waals surface area contributed by atoms with E-state index in [0.29, 0.717) is 50.4 Å². The molecule has 0 bridgehead atoms. The van der Waals surface area contributed by atoms with Crippen molar-refractivity contribution in [2.75, 3.05) is 13.2 Å². The van der Waals surface area contributed by atoms with Crippen molar-refractivity contribution in [3.05, 3.63) is 58.7 Å². The van der Waals surface area contributed by atoms with Crippen LogP contribution in [0.15, 0.2) is 24.3 Å². The number of rotatable bonds is 9. The Bertz CT molecular complexity index is 1010. The van der Waals surface area contributed by atoms with E-state index in [1.165, 1.54) is 24.3 Å². The third-order valence-corrected chi connectivity index (χ3v) is 7.88. The molecule has 2 saturated heterocycles. The fourth-order valence-electron chi connectivity index (χ4n) is 5.70. The smallest absolute Gasteiger partial charge is 0.167 e. The van der Waals surface area contributed by atoms with E-state index in [1.54, 1.807) is 0 Å². The Morgan fingerprint density at radius 3 is 1.94 bits per heavy atom. The summed E-state index contributed by atoms with van der Waals surface area (Å²) < 4.78 is 71.7. The SMILES string of the molecule is CCCC1CCC(c2ccc(-c3ccc(CCC4CCC(CCC)OC4)c(F)c3F)c(F)c2F)OC1. The van der Waals surface area contributed by atoms with E-state index in [2.05, 4.69) is 13.8 Å². The second-order valence-electron chi connectivity index (χ2n) is 10.5. The highest BCUT2D eigenvalue weighted by Crippen LogP contribution is 2.37. The minimum atomic E-state index is -1.17. The average Bonchev–Trinajstić information content (AvgIpc) is 2.89. The summed E-state index contributed by atoms with van der Waals surface area (Å²) in [5.41, 5.74) is -0.155. The van der Waals surface area contributed by atoms with Crippen LogP contribution in [0.1, 0.15) is 88.9 Å². The maximum absolute atomic E-state index is 15.1. The summed E-state index contributed by atoms with van der Waals surface area (Å²) in [6.07, 6.45) is 8.66. The molecule has 2 nitrogen and oxygen atoms in total. The van der Waals surface area contributed by atoms with Gasteiger partial charge in [0.2, 0.25) is 0 Å². The van der Waals surface area contributed by atoms with Gasteiger partial charge in [-0.15, -0.1) is 0 Å². The Hall–Kier alpha value is -1.92. The fourth-order valence-corrected chi connectivity index (χ4v) is 5.70. The molecule has 0 amide bonds. The Kier molecular flexibility index (Phi) is 9.46. The van der Waals surface area contributed by atoms with Gasteiger partial charge in [-0.2, -0.15) is 0 Å². The standard InChI is InChI=1S/C30H38F4O2/c1-3-5-19-9-16-26(36-18-19)25-15-14-24(29(33)30(25)34)23-13-11-21(27(31)28(23)32)10-7-20-8-12-22(6-4-2)35-17-20/h11,13-15,19-20,22,26H,3-10,12,16-18H2,1-2H3. The number of benzene rings is 2. The third kappa shape index (κ3) is 6.13. The fraction of sp³-hybridized carbons (Fsp3) is 0.600. The number of halogens is 4. The van der Waals surface area contributed by atoms with Crippen LogP contribution in [0.5, 0.6) is 0 Å². The molecule has 4 unspecified atom stereocenters. The quantitative estimate of drug-likeness (QED) is 0.317. The molecular formula is C30H38F4O2. The van der Waals surface area contributed by atoms with Crippen molar-refractivity contribution in [3.8, 4) is 11.1 Å². The second-order valence-corrected chi connectivity index (χ2v) is 10.5. The van der Waals surface area contributed by atoms with E-state index in [4.69, 9.17) is 9.47 Å². The summed E-state index contributed by atoms with van der Waals surface area (Å²) >= 11 is 0. The van der Waals surface area contributed by atoms with E-state index < -0.39 is 29.4 Å². The maximum atomic E-state index is 15.1. The van der Waals surface area contributed by atoms with Crippen LogP contribution in [0.4, 0.5) is 17.6 Å². The van der Waals surface area contributed by atoms with Crippen molar-refractivity contribution in [2.24, 2.45) is 11.8 Å². The van der Waals surface area contributed by atoms with Gasteiger partial charge in [0.05, 0.1) is 18.8 Å². The molecule has 2 aromatic carbocycles. The van der Waals surface area contributed by atoms with Gasteiger partial charge in [-0.05, 0) is 68.8 Å². The van der Waals surface area contributed by atoms with E-state index in [9.17, 15) is 4.39 Å². The van der Waals surface area contributed by atoms with Crippen molar-refractivity contribution >= 4 is 0 Å². The van der Waals surface area contributed by atoms with E-state index in [-0.39, 0.29) is 22.3 Å².